The fourth-order valence-corrected chi connectivity index (χ4v) is 3.07. The van der Waals surface area contributed by atoms with Crippen molar-refractivity contribution in [2.75, 3.05) is 53.4 Å². The van der Waals surface area contributed by atoms with Crippen molar-refractivity contribution in [3.63, 3.8) is 0 Å². The van der Waals surface area contributed by atoms with E-state index in [-0.39, 0.29) is 29.7 Å². The van der Waals surface area contributed by atoms with E-state index in [1.807, 2.05) is 0 Å². The number of likely N-dealkylation sites (N-methyl/N-ethyl adjacent to an activating group) is 1. The number of piperazine rings is 1. The fraction of sp³-hybridized carbons (Fsp3) is 0.632. The highest BCUT2D eigenvalue weighted by atomic mass is 127. The summed E-state index contributed by atoms with van der Waals surface area (Å²) >= 11 is 0. The minimum Gasteiger partial charge on any atom is -0.434 e. The molecular formula is C19H32F2IN5O. The van der Waals surface area contributed by atoms with Crippen molar-refractivity contribution in [3.8, 4) is 5.75 Å². The van der Waals surface area contributed by atoms with Gasteiger partial charge in [0.25, 0.3) is 0 Å². The Bertz CT molecular complexity index is 597. The number of nitrogens with zero attached hydrogens (tertiary/aromatic N) is 3. The molecule has 6 nitrogen and oxygen atoms in total. The van der Waals surface area contributed by atoms with Crippen LogP contribution in [0.15, 0.2) is 29.3 Å². The number of guanidine groups is 1. The van der Waals surface area contributed by atoms with Gasteiger partial charge in [0, 0.05) is 58.4 Å². The summed E-state index contributed by atoms with van der Waals surface area (Å²) in [6.45, 7) is 6.01. The molecule has 0 bridgehead atoms. The highest BCUT2D eigenvalue weighted by molar-refractivity contribution is 14.0. The molecule has 2 N–H and O–H groups in total. The summed E-state index contributed by atoms with van der Waals surface area (Å²) in [5.41, 5.74) is 0.659. The number of ether oxygens (including phenoxy) is 1. The first-order chi connectivity index (χ1) is 13.0. The Morgan fingerprint density at radius 2 is 1.86 bits per heavy atom. The fourth-order valence-electron chi connectivity index (χ4n) is 3.07. The Morgan fingerprint density at radius 3 is 2.50 bits per heavy atom. The molecule has 9 heteroatoms. The zero-order valence-corrected chi connectivity index (χ0v) is 19.2. The monoisotopic (exact) mass is 511 g/mol. The largest absolute Gasteiger partial charge is 0.434 e. The molecule has 1 heterocycles. The molecule has 1 saturated heterocycles. The van der Waals surface area contributed by atoms with Crippen LogP contribution in [0.4, 0.5) is 8.78 Å². The standard InChI is InChI=1S/C19H31F2N5O.HI/c1-15(14-26-10-8-25(3)9-11-26)12-23-19(22-2)24-13-16-6-4-5-7-17(16)27-18(20)21;/h4-7,15,18H,8-14H2,1-3H3,(H2,22,23,24);1H. The third kappa shape index (κ3) is 8.87. The van der Waals surface area contributed by atoms with Crippen LogP contribution in [0, 0.1) is 5.92 Å². The maximum Gasteiger partial charge on any atom is 0.387 e. The number of hydrogen-bond donors (Lipinski definition) is 2. The van der Waals surface area contributed by atoms with Crippen molar-refractivity contribution in [1.29, 1.82) is 0 Å². The van der Waals surface area contributed by atoms with Crippen molar-refractivity contribution in [2.45, 2.75) is 20.1 Å². The van der Waals surface area contributed by atoms with E-state index in [9.17, 15) is 8.78 Å². The smallest absolute Gasteiger partial charge is 0.387 e. The number of nitrogens with one attached hydrogen (secondary N) is 2. The predicted molar refractivity (Wildman–Crippen MR) is 120 cm³/mol. The van der Waals surface area contributed by atoms with Gasteiger partial charge < -0.3 is 25.2 Å². The van der Waals surface area contributed by atoms with Crippen LogP contribution in [0.1, 0.15) is 12.5 Å². The molecule has 1 aliphatic heterocycles. The van der Waals surface area contributed by atoms with E-state index in [1.54, 1.807) is 25.2 Å². The molecule has 28 heavy (non-hydrogen) atoms. The summed E-state index contributed by atoms with van der Waals surface area (Å²) in [6.07, 6.45) is 0. The van der Waals surface area contributed by atoms with Crippen LogP contribution < -0.4 is 15.4 Å². The molecule has 160 valence electrons. The minimum atomic E-state index is -2.83. The number of alkyl halides is 2. The number of halogens is 3. The maximum absolute atomic E-state index is 12.5. The van der Waals surface area contributed by atoms with Crippen LogP contribution in [0.5, 0.6) is 5.75 Å². The Hall–Kier alpha value is -1.20. The van der Waals surface area contributed by atoms with Crippen LogP contribution in [0.3, 0.4) is 0 Å². The van der Waals surface area contributed by atoms with Crippen molar-refractivity contribution in [1.82, 2.24) is 20.4 Å². The maximum atomic E-state index is 12.5. The molecule has 1 aliphatic rings. The van der Waals surface area contributed by atoms with Crippen LogP contribution in [0.25, 0.3) is 0 Å². The summed E-state index contributed by atoms with van der Waals surface area (Å²) in [5, 5.41) is 6.47. The highest BCUT2D eigenvalue weighted by Crippen LogP contribution is 2.19. The quantitative estimate of drug-likeness (QED) is 0.319. The summed E-state index contributed by atoms with van der Waals surface area (Å²) in [5.74, 6) is 1.30. The molecule has 0 aromatic heterocycles. The summed E-state index contributed by atoms with van der Waals surface area (Å²) < 4.78 is 29.6. The Labute approximate surface area is 183 Å². The van der Waals surface area contributed by atoms with Crippen LogP contribution >= 0.6 is 24.0 Å². The molecule has 0 saturated carbocycles. The molecule has 0 aliphatic carbocycles. The van der Waals surface area contributed by atoms with Crippen molar-refractivity contribution >= 4 is 29.9 Å². The van der Waals surface area contributed by atoms with Gasteiger partial charge in [0.05, 0.1) is 0 Å². The van der Waals surface area contributed by atoms with E-state index >= 15 is 0 Å². The molecule has 1 aromatic rings. The van der Waals surface area contributed by atoms with Gasteiger partial charge in [-0.1, -0.05) is 25.1 Å². The van der Waals surface area contributed by atoms with E-state index in [2.05, 4.69) is 44.1 Å². The van der Waals surface area contributed by atoms with Gasteiger partial charge in [-0.3, -0.25) is 4.99 Å². The highest BCUT2D eigenvalue weighted by Gasteiger charge is 2.16. The molecule has 2 rings (SSSR count). The first-order valence-corrected chi connectivity index (χ1v) is 9.36. The van der Waals surface area contributed by atoms with Gasteiger partial charge in [0.1, 0.15) is 5.75 Å². The third-order valence-corrected chi connectivity index (χ3v) is 4.64. The average Bonchev–Trinajstić information content (AvgIpc) is 2.64. The van der Waals surface area contributed by atoms with E-state index < -0.39 is 6.61 Å². The SMILES string of the molecule is CN=C(NCc1ccccc1OC(F)F)NCC(C)CN1CCN(C)CC1.I. The van der Waals surface area contributed by atoms with Gasteiger partial charge >= 0.3 is 6.61 Å². The normalized spacial score (nSPS) is 17.1. The topological polar surface area (TPSA) is 52.1 Å². The number of aliphatic imine (C=N–C) groups is 1. The Kier molecular flexibility index (Phi) is 11.6. The van der Waals surface area contributed by atoms with Gasteiger partial charge in [-0.05, 0) is 19.0 Å². The molecule has 0 amide bonds. The molecule has 1 aromatic carbocycles. The number of hydrogen-bond acceptors (Lipinski definition) is 4. The minimum absolute atomic E-state index is 0. The van der Waals surface area contributed by atoms with E-state index in [1.165, 1.54) is 6.07 Å². The summed E-state index contributed by atoms with van der Waals surface area (Å²) in [6, 6.07) is 6.77. The van der Waals surface area contributed by atoms with E-state index in [4.69, 9.17) is 0 Å². The zero-order chi connectivity index (χ0) is 19.6. The van der Waals surface area contributed by atoms with Gasteiger partial charge in [-0.15, -0.1) is 24.0 Å². The molecule has 1 fully saturated rings. The number of benzene rings is 1. The molecule has 1 unspecified atom stereocenters. The Balaban J connectivity index is 0.00000392. The third-order valence-electron chi connectivity index (χ3n) is 4.64. The second kappa shape index (κ2) is 13.1. The van der Waals surface area contributed by atoms with Gasteiger partial charge in [0.15, 0.2) is 5.96 Å². The average molecular weight is 511 g/mol. The zero-order valence-electron chi connectivity index (χ0n) is 16.8. The number of rotatable bonds is 8. The van der Waals surface area contributed by atoms with Crippen LogP contribution in [-0.4, -0.2) is 75.7 Å². The van der Waals surface area contributed by atoms with Crippen molar-refractivity contribution in [2.24, 2.45) is 10.9 Å². The Morgan fingerprint density at radius 1 is 1.18 bits per heavy atom. The number of para-hydroxylation sites is 1. The second-order valence-electron chi connectivity index (χ2n) is 7.00. The van der Waals surface area contributed by atoms with Gasteiger partial charge in [0.2, 0.25) is 0 Å². The van der Waals surface area contributed by atoms with Crippen molar-refractivity contribution in [3.05, 3.63) is 29.8 Å². The van der Waals surface area contributed by atoms with Crippen molar-refractivity contribution < 1.29 is 13.5 Å². The van der Waals surface area contributed by atoms with Crippen LogP contribution in [0.2, 0.25) is 0 Å². The lowest BCUT2D eigenvalue weighted by atomic mass is 10.1. The first-order valence-electron chi connectivity index (χ1n) is 9.36. The van der Waals surface area contributed by atoms with Crippen LogP contribution in [-0.2, 0) is 6.54 Å². The second-order valence-corrected chi connectivity index (χ2v) is 7.00. The lowest BCUT2D eigenvalue weighted by Gasteiger charge is -2.34. The molecular weight excluding hydrogens is 479 g/mol. The lowest BCUT2D eigenvalue weighted by molar-refractivity contribution is -0.0504. The van der Waals surface area contributed by atoms with Gasteiger partial charge in [-0.25, -0.2) is 0 Å². The molecule has 0 radical (unpaired) electrons. The summed E-state index contributed by atoms with van der Waals surface area (Å²) in [7, 11) is 3.85. The summed E-state index contributed by atoms with van der Waals surface area (Å²) in [4.78, 5) is 9.04. The first kappa shape index (κ1) is 24.8. The predicted octanol–water partition coefficient (Wildman–Crippen LogP) is 2.45. The van der Waals surface area contributed by atoms with E-state index in [0.717, 1.165) is 39.3 Å². The van der Waals surface area contributed by atoms with E-state index in [0.29, 0.717) is 24.0 Å². The molecule has 0 spiro atoms. The van der Waals surface area contributed by atoms with Gasteiger partial charge in [-0.2, -0.15) is 8.78 Å². The lowest BCUT2D eigenvalue weighted by Crippen LogP contribution is -2.47. The molecule has 1 atom stereocenters.